The summed E-state index contributed by atoms with van der Waals surface area (Å²) >= 11 is 0. The average Bonchev–Trinajstić information content (AvgIpc) is 3.98. The van der Waals surface area contributed by atoms with Crippen molar-refractivity contribution in [3.05, 3.63) is 289 Å². The van der Waals surface area contributed by atoms with E-state index in [0.717, 1.165) is 39.2 Å². The molecule has 338 valence electrons. The van der Waals surface area contributed by atoms with Crippen LogP contribution < -0.4 is 0 Å². The van der Waals surface area contributed by atoms with Crippen LogP contribution in [0.3, 0.4) is 0 Å². The first-order valence-electron chi connectivity index (χ1n) is 25.2. The van der Waals surface area contributed by atoms with Crippen molar-refractivity contribution < 1.29 is 0 Å². The van der Waals surface area contributed by atoms with E-state index in [1.54, 1.807) is 0 Å². The predicted molar refractivity (Wildman–Crippen MR) is 303 cm³/mol. The largest absolute Gasteiger partial charge is 0.228 e. The Morgan fingerprint density at radius 2 is 0.712 bits per heavy atom. The van der Waals surface area contributed by atoms with E-state index in [4.69, 9.17) is 9.97 Å². The zero-order chi connectivity index (χ0) is 48.0. The molecule has 1 heterocycles. The van der Waals surface area contributed by atoms with Crippen molar-refractivity contribution in [1.29, 1.82) is 0 Å². The first-order valence-corrected chi connectivity index (χ1v) is 25.2. The second-order valence-electron chi connectivity index (χ2n) is 19.5. The van der Waals surface area contributed by atoms with Gasteiger partial charge in [0.2, 0.25) is 0 Å². The van der Waals surface area contributed by atoms with Crippen molar-refractivity contribution in [2.75, 3.05) is 0 Å². The minimum atomic E-state index is -0.434. The van der Waals surface area contributed by atoms with Crippen molar-refractivity contribution in [2.45, 2.75) is 5.41 Å². The lowest BCUT2D eigenvalue weighted by Gasteiger charge is -2.30. The van der Waals surface area contributed by atoms with E-state index < -0.39 is 5.41 Å². The highest BCUT2D eigenvalue weighted by molar-refractivity contribution is 6.20. The highest BCUT2D eigenvalue weighted by Crippen LogP contribution is 2.64. The summed E-state index contributed by atoms with van der Waals surface area (Å²) in [4.78, 5) is 10.7. The van der Waals surface area contributed by atoms with Crippen molar-refractivity contribution in [1.82, 2.24) is 9.97 Å². The van der Waals surface area contributed by atoms with Crippen LogP contribution in [0.15, 0.2) is 267 Å². The lowest BCUT2D eigenvalue weighted by molar-refractivity contribution is 0.794. The monoisotopic (exact) mass is 924 g/mol. The standard InChI is InChI=1S/C71H44N2/c1-2-16-52(17-3-1)70-72-66(44-67(73-70)60-24-14-28-65-69(60)59-23-10-13-27-64(59)71(65)62-25-11-8-21-56(62)57-22-9-12-26-63(57)71)50-37-33-47(34-38-50)45-29-31-46(32-30-45)48-35-39-51(40-36-48)68-55-20-7-5-18-53(55)43-61-54-19-6-4-15-49(54)41-42-58(61)68/h1-44H. The quantitative estimate of drug-likeness (QED) is 0.123. The Kier molecular flexibility index (Phi) is 9.21. The van der Waals surface area contributed by atoms with Crippen molar-refractivity contribution in [2.24, 2.45) is 0 Å². The van der Waals surface area contributed by atoms with Crippen LogP contribution in [0.25, 0.3) is 122 Å². The molecule has 2 heteroatoms. The van der Waals surface area contributed by atoms with Gasteiger partial charge in [0.25, 0.3) is 0 Å². The molecule has 0 saturated heterocycles. The van der Waals surface area contributed by atoms with Gasteiger partial charge in [0.15, 0.2) is 5.82 Å². The van der Waals surface area contributed by atoms with E-state index in [1.807, 2.05) is 6.07 Å². The third-order valence-corrected chi connectivity index (χ3v) is 15.7. The molecular formula is C71H44N2. The molecule has 1 spiro atoms. The maximum absolute atomic E-state index is 5.39. The van der Waals surface area contributed by atoms with Crippen LogP contribution in [0.4, 0.5) is 0 Å². The molecule has 0 bridgehead atoms. The van der Waals surface area contributed by atoms with Crippen LogP contribution in [0.5, 0.6) is 0 Å². The number of benzene rings is 12. The molecule has 15 rings (SSSR count). The summed E-state index contributed by atoms with van der Waals surface area (Å²) in [6.07, 6.45) is 0. The van der Waals surface area contributed by atoms with Gasteiger partial charge in [-0.15, -0.1) is 0 Å². The van der Waals surface area contributed by atoms with Gasteiger partial charge in [-0.2, -0.15) is 0 Å². The summed E-state index contributed by atoms with van der Waals surface area (Å²) in [6, 6.07) is 97.6. The van der Waals surface area contributed by atoms with Crippen LogP contribution in [0.1, 0.15) is 22.3 Å². The SMILES string of the molecule is c1ccc(-c2nc(-c3ccc(-c4ccc(-c5ccc(-c6c7ccccc7cc7c6ccc6ccccc67)cc5)cc4)cc3)cc(-c3cccc4c3-c3ccccc3C43c4ccccc4-c4ccccc43)n2)cc1. The Morgan fingerprint density at radius 3 is 1.37 bits per heavy atom. The lowest BCUT2D eigenvalue weighted by atomic mass is 9.70. The Morgan fingerprint density at radius 1 is 0.233 bits per heavy atom. The molecule has 0 fully saturated rings. The van der Waals surface area contributed by atoms with Crippen molar-refractivity contribution in [3.8, 4) is 89.5 Å². The second-order valence-corrected chi connectivity index (χ2v) is 19.5. The van der Waals surface area contributed by atoms with Crippen LogP contribution in [-0.2, 0) is 5.41 Å². The van der Waals surface area contributed by atoms with E-state index in [2.05, 4.69) is 261 Å². The lowest BCUT2D eigenvalue weighted by Crippen LogP contribution is -2.25. The zero-order valence-electron chi connectivity index (χ0n) is 39.8. The van der Waals surface area contributed by atoms with E-state index >= 15 is 0 Å². The molecule has 2 nitrogen and oxygen atoms in total. The number of rotatable bonds is 6. The second kappa shape index (κ2) is 16.3. The summed E-state index contributed by atoms with van der Waals surface area (Å²) in [5.41, 5.74) is 22.0. The minimum absolute atomic E-state index is 0.434. The van der Waals surface area contributed by atoms with E-state index in [0.29, 0.717) is 5.82 Å². The number of aromatic nitrogens is 2. The van der Waals surface area contributed by atoms with Gasteiger partial charge >= 0.3 is 0 Å². The van der Waals surface area contributed by atoms with E-state index in [9.17, 15) is 0 Å². The van der Waals surface area contributed by atoms with Gasteiger partial charge in [-0.1, -0.05) is 255 Å². The molecule has 0 N–H and O–H groups in total. The van der Waals surface area contributed by atoms with Crippen molar-refractivity contribution >= 4 is 32.3 Å². The first kappa shape index (κ1) is 41.3. The summed E-state index contributed by atoms with van der Waals surface area (Å²) in [6.45, 7) is 0. The molecule has 73 heavy (non-hydrogen) atoms. The van der Waals surface area contributed by atoms with Crippen molar-refractivity contribution in [3.63, 3.8) is 0 Å². The third-order valence-electron chi connectivity index (χ3n) is 15.7. The molecule has 2 aliphatic rings. The highest BCUT2D eigenvalue weighted by Gasteiger charge is 2.52. The van der Waals surface area contributed by atoms with Gasteiger partial charge < -0.3 is 0 Å². The topological polar surface area (TPSA) is 25.8 Å². The summed E-state index contributed by atoms with van der Waals surface area (Å²) < 4.78 is 0. The molecule has 0 aliphatic heterocycles. The maximum Gasteiger partial charge on any atom is 0.160 e. The molecule has 0 saturated carbocycles. The average molecular weight is 925 g/mol. The Labute approximate surface area is 424 Å². The van der Waals surface area contributed by atoms with Crippen LogP contribution >= 0.6 is 0 Å². The molecule has 13 aromatic rings. The fourth-order valence-corrected chi connectivity index (χ4v) is 12.5. The fourth-order valence-electron chi connectivity index (χ4n) is 12.5. The van der Waals surface area contributed by atoms with Gasteiger partial charge in [-0.25, -0.2) is 9.97 Å². The number of hydrogen-bond donors (Lipinski definition) is 0. The molecule has 0 amide bonds. The molecule has 12 aromatic carbocycles. The number of hydrogen-bond acceptors (Lipinski definition) is 2. The van der Waals surface area contributed by atoms with Crippen LogP contribution in [0.2, 0.25) is 0 Å². The van der Waals surface area contributed by atoms with E-state index in [1.165, 1.54) is 99.1 Å². The molecule has 1 aromatic heterocycles. The third kappa shape index (κ3) is 6.30. The smallest absolute Gasteiger partial charge is 0.160 e. The first-order chi connectivity index (χ1) is 36.2. The van der Waals surface area contributed by atoms with Gasteiger partial charge in [-0.3, -0.25) is 0 Å². The van der Waals surface area contributed by atoms with Gasteiger partial charge in [0.05, 0.1) is 16.8 Å². The Bertz CT molecular complexity index is 4300. The molecule has 0 atom stereocenters. The van der Waals surface area contributed by atoms with Gasteiger partial charge in [-0.05, 0) is 122 Å². The molecule has 0 unspecified atom stereocenters. The van der Waals surface area contributed by atoms with Gasteiger partial charge in [0.1, 0.15) is 0 Å². The zero-order valence-corrected chi connectivity index (χ0v) is 39.8. The number of nitrogens with zero attached hydrogens (tertiary/aromatic N) is 2. The van der Waals surface area contributed by atoms with Crippen LogP contribution in [0, 0.1) is 0 Å². The molecular weight excluding hydrogens is 881 g/mol. The van der Waals surface area contributed by atoms with Gasteiger partial charge in [0, 0.05) is 16.7 Å². The van der Waals surface area contributed by atoms with E-state index in [-0.39, 0.29) is 0 Å². The maximum atomic E-state index is 5.39. The Balaban J connectivity index is 0.777. The summed E-state index contributed by atoms with van der Waals surface area (Å²) in [5.74, 6) is 0.704. The minimum Gasteiger partial charge on any atom is -0.228 e. The summed E-state index contributed by atoms with van der Waals surface area (Å²) in [7, 11) is 0. The normalized spacial score (nSPS) is 12.8. The molecule has 0 radical (unpaired) electrons. The van der Waals surface area contributed by atoms with Crippen LogP contribution in [-0.4, -0.2) is 9.97 Å². The summed E-state index contributed by atoms with van der Waals surface area (Å²) in [5, 5.41) is 7.63. The Hall–Kier alpha value is -9.50. The molecule has 2 aliphatic carbocycles. The number of fused-ring (bicyclic) bond motifs is 14. The fraction of sp³-hybridized carbons (Fsp3) is 0.0141. The highest BCUT2D eigenvalue weighted by atomic mass is 14.9. The predicted octanol–water partition coefficient (Wildman–Crippen LogP) is 18.3.